The second-order valence-electron chi connectivity index (χ2n) is 10.0. The van der Waals surface area contributed by atoms with Gasteiger partial charge in [-0.3, -0.25) is 9.59 Å². The highest BCUT2D eigenvalue weighted by Gasteiger charge is 2.65. The van der Waals surface area contributed by atoms with Crippen LogP contribution >= 0.6 is 0 Å². The number of amides is 4. The van der Waals surface area contributed by atoms with Gasteiger partial charge in [0.1, 0.15) is 0 Å². The highest BCUT2D eigenvalue weighted by atomic mass is 16.2. The molecule has 3 fully saturated rings. The normalized spacial score (nSPS) is 25.1. The molecule has 3 heterocycles. The van der Waals surface area contributed by atoms with Gasteiger partial charge in [0, 0.05) is 64.8 Å². The van der Waals surface area contributed by atoms with Crippen molar-refractivity contribution in [3.63, 3.8) is 0 Å². The van der Waals surface area contributed by atoms with E-state index in [2.05, 4.69) is 6.07 Å². The fourth-order valence-electron chi connectivity index (χ4n) is 6.11. The minimum atomic E-state index is -0.525. The van der Waals surface area contributed by atoms with Gasteiger partial charge in [0.25, 0.3) is 5.91 Å². The largest absolute Gasteiger partial charge is 0.345 e. The number of carbonyl (C=O) groups excluding carboxylic acids is 3. The summed E-state index contributed by atoms with van der Waals surface area (Å²) in [7, 11) is 5.38. The first kappa shape index (κ1) is 21.7. The number of benzene rings is 1. The Labute approximate surface area is 185 Å². The lowest BCUT2D eigenvalue weighted by molar-refractivity contribution is -0.141. The van der Waals surface area contributed by atoms with Gasteiger partial charge in [-0.15, -0.1) is 0 Å². The van der Waals surface area contributed by atoms with Crippen molar-refractivity contribution in [3.8, 4) is 0 Å². The molecule has 0 unspecified atom stereocenters. The molecule has 1 atom stereocenters. The van der Waals surface area contributed by atoms with E-state index < -0.39 is 5.41 Å². The number of fused-ring (bicyclic) bond motifs is 1. The number of urea groups is 1. The lowest BCUT2D eigenvalue weighted by Crippen LogP contribution is -2.53. The lowest BCUT2D eigenvalue weighted by atomic mass is 9.60. The number of likely N-dealkylation sites (tertiary alicyclic amines) is 3. The summed E-state index contributed by atoms with van der Waals surface area (Å²) in [6, 6.07) is 5.93. The smallest absolute Gasteiger partial charge is 0.319 e. The van der Waals surface area contributed by atoms with E-state index >= 15 is 0 Å². The molecule has 0 saturated carbocycles. The molecule has 7 nitrogen and oxygen atoms in total. The lowest BCUT2D eigenvalue weighted by Gasteiger charge is -2.46. The van der Waals surface area contributed by atoms with Gasteiger partial charge in [-0.25, -0.2) is 4.79 Å². The summed E-state index contributed by atoms with van der Waals surface area (Å²) in [6.07, 6.45) is 2.28. The van der Waals surface area contributed by atoms with Crippen molar-refractivity contribution in [2.75, 3.05) is 53.9 Å². The molecule has 4 rings (SSSR count). The van der Waals surface area contributed by atoms with Crippen LogP contribution in [0.4, 0.5) is 4.79 Å². The quantitative estimate of drug-likeness (QED) is 0.693. The first-order valence-corrected chi connectivity index (χ1v) is 11.2. The SMILES string of the molecule is Cc1cc(C)cc(C(=O)N2CCC3(CC2)CN(C(=O)N(C)C)C[C@@]32CCN(C)C2=O)c1. The predicted octanol–water partition coefficient (Wildman–Crippen LogP) is 2.37. The van der Waals surface area contributed by atoms with Gasteiger partial charge in [0.2, 0.25) is 5.91 Å². The van der Waals surface area contributed by atoms with Crippen LogP contribution in [-0.4, -0.2) is 91.3 Å². The second-order valence-corrected chi connectivity index (χ2v) is 10.0. The molecule has 3 aliphatic heterocycles. The van der Waals surface area contributed by atoms with Gasteiger partial charge in [0.15, 0.2) is 0 Å². The molecule has 2 spiro atoms. The number of rotatable bonds is 1. The van der Waals surface area contributed by atoms with E-state index in [4.69, 9.17) is 0 Å². The van der Waals surface area contributed by atoms with Crippen molar-refractivity contribution < 1.29 is 14.4 Å². The first-order chi connectivity index (χ1) is 14.6. The van der Waals surface area contributed by atoms with Crippen molar-refractivity contribution in [1.29, 1.82) is 0 Å². The van der Waals surface area contributed by atoms with E-state index in [9.17, 15) is 14.4 Å². The van der Waals surface area contributed by atoms with Gasteiger partial charge in [0.05, 0.1) is 5.41 Å². The molecule has 0 aromatic heterocycles. The third kappa shape index (κ3) is 3.38. The van der Waals surface area contributed by atoms with Gasteiger partial charge >= 0.3 is 6.03 Å². The molecule has 0 N–H and O–H groups in total. The molecule has 168 valence electrons. The third-order valence-corrected chi connectivity index (χ3v) is 7.73. The highest BCUT2D eigenvalue weighted by Crippen LogP contribution is 2.57. The van der Waals surface area contributed by atoms with Crippen LogP contribution in [0, 0.1) is 24.7 Å². The average Bonchev–Trinajstić information content (AvgIpc) is 3.19. The Morgan fingerprint density at radius 3 is 2.03 bits per heavy atom. The fourth-order valence-corrected chi connectivity index (χ4v) is 6.11. The molecule has 4 amide bonds. The van der Waals surface area contributed by atoms with Crippen LogP contribution < -0.4 is 0 Å². The van der Waals surface area contributed by atoms with Crippen LogP contribution in [-0.2, 0) is 4.79 Å². The van der Waals surface area contributed by atoms with E-state index in [0.29, 0.717) is 26.2 Å². The summed E-state index contributed by atoms with van der Waals surface area (Å²) in [5.41, 5.74) is 2.12. The fraction of sp³-hybridized carbons (Fsp3) is 0.625. The molecule has 1 aromatic rings. The molecule has 1 aromatic carbocycles. The summed E-state index contributed by atoms with van der Waals surface area (Å²) in [5, 5.41) is 0. The summed E-state index contributed by atoms with van der Waals surface area (Å²) < 4.78 is 0. The Bertz CT molecular complexity index is 899. The van der Waals surface area contributed by atoms with Crippen LogP contribution in [0.2, 0.25) is 0 Å². The zero-order chi connectivity index (χ0) is 22.6. The number of aryl methyl sites for hydroxylation is 2. The van der Waals surface area contributed by atoms with Crippen LogP contribution in [0.5, 0.6) is 0 Å². The van der Waals surface area contributed by atoms with Gasteiger partial charge in [-0.05, 0) is 45.2 Å². The van der Waals surface area contributed by atoms with Crippen molar-refractivity contribution in [3.05, 3.63) is 34.9 Å². The Morgan fingerprint density at radius 1 is 0.903 bits per heavy atom. The summed E-state index contributed by atoms with van der Waals surface area (Å²) in [6.45, 7) is 7.07. The van der Waals surface area contributed by atoms with E-state index in [1.807, 2.05) is 47.7 Å². The Hall–Kier alpha value is -2.57. The molecule has 31 heavy (non-hydrogen) atoms. The van der Waals surface area contributed by atoms with Crippen LogP contribution in [0.15, 0.2) is 18.2 Å². The Morgan fingerprint density at radius 2 is 1.52 bits per heavy atom. The standard InChI is InChI=1S/C24H34N4O3/c1-17-12-18(2)14-19(13-17)20(29)27-10-6-23(7-11-27)15-28(22(31)25(3)4)16-24(23)8-9-26(5)21(24)30/h12-14H,6-11,15-16H2,1-5H3/t24-/m1/s1. The maximum absolute atomic E-state index is 13.3. The molecule has 0 bridgehead atoms. The summed E-state index contributed by atoms with van der Waals surface area (Å²) in [4.78, 5) is 46.5. The zero-order valence-electron chi connectivity index (χ0n) is 19.4. The molecule has 3 aliphatic rings. The number of carbonyl (C=O) groups is 3. The molecule has 7 heteroatoms. The molecular weight excluding hydrogens is 392 g/mol. The maximum Gasteiger partial charge on any atom is 0.319 e. The number of hydrogen-bond donors (Lipinski definition) is 0. The van der Waals surface area contributed by atoms with Crippen LogP contribution in [0.3, 0.4) is 0 Å². The molecule has 0 aliphatic carbocycles. The van der Waals surface area contributed by atoms with E-state index in [0.717, 1.165) is 42.5 Å². The van der Waals surface area contributed by atoms with Crippen molar-refractivity contribution >= 4 is 17.8 Å². The first-order valence-electron chi connectivity index (χ1n) is 11.2. The van der Waals surface area contributed by atoms with Gasteiger partial charge in [-0.2, -0.15) is 0 Å². The minimum absolute atomic E-state index is 0.0349. The van der Waals surface area contributed by atoms with Crippen molar-refractivity contribution in [2.24, 2.45) is 10.8 Å². The van der Waals surface area contributed by atoms with Crippen LogP contribution in [0.25, 0.3) is 0 Å². The Kier molecular flexibility index (Phi) is 5.26. The van der Waals surface area contributed by atoms with Crippen LogP contribution in [0.1, 0.15) is 40.7 Å². The predicted molar refractivity (Wildman–Crippen MR) is 119 cm³/mol. The number of nitrogens with zero attached hydrogens (tertiary/aromatic N) is 4. The van der Waals surface area contributed by atoms with E-state index in [1.54, 1.807) is 19.0 Å². The molecule has 0 radical (unpaired) electrons. The van der Waals surface area contributed by atoms with Gasteiger partial charge < -0.3 is 19.6 Å². The highest BCUT2D eigenvalue weighted by molar-refractivity contribution is 5.95. The average molecular weight is 427 g/mol. The van der Waals surface area contributed by atoms with Crippen molar-refractivity contribution in [2.45, 2.75) is 33.1 Å². The van der Waals surface area contributed by atoms with E-state index in [-0.39, 0.29) is 23.3 Å². The number of piperidine rings is 1. The second kappa shape index (κ2) is 7.53. The molecular formula is C24H34N4O3. The van der Waals surface area contributed by atoms with Crippen molar-refractivity contribution in [1.82, 2.24) is 19.6 Å². The maximum atomic E-state index is 13.3. The summed E-state index contributed by atoms with van der Waals surface area (Å²) in [5.74, 6) is 0.223. The number of hydrogen-bond acceptors (Lipinski definition) is 3. The van der Waals surface area contributed by atoms with Gasteiger partial charge in [-0.1, -0.05) is 17.2 Å². The minimum Gasteiger partial charge on any atom is -0.345 e. The molecule has 3 saturated heterocycles. The Balaban J connectivity index is 1.58. The summed E-state index contributed by atoms with van der Waals surface area (Å²) >= 11 is 0. The topological polar surface area (TPSA) is 64.2 Å². The monoisotopic (exact) mass is 426 g/mol. The third-order valence-electron chi connectivity index (χ3n) is 7.73. The van der Waals surface area contributed by atoms with E-state index in [1.165, 1.54) is 0 Å². The zero-order valence-corrected chi connectivity index (χ0v) is 19.4.